The summed E-state index contributed by atoms with van der Waals surface area (Å²) < 4.78 is 0. The van der Waals surface area contributed by atoms with E-state index in [1.165, 1.54) is 0 Å². The molecule has 0 radical (unpaired) electrons. The second-order valence-electron chi connectivity index (χ2n) is 5.23. The molecule has 0 aliphatic heterocycles. The van der Waals surface area contributed by atoms with E-state index in [0.717, 1.165) is 0 Å². The molecular weight excluding hydrogens is 278 g/mol. The first-order chi connectivity index (χ1) is 10.4. The molecule has 0 bridgehead atoms. The van der Waals surface area contributed by atoms with Crippen LogP contribution < -0.4 is 16.8 Å². The molecule has 2 aromatic rings. The SMILES string of the molecule is C[C@](NC(=O)[C@@H](N)c1ccccc1)(C(N)=O)c1ccccc1. The third kappa shape index (κ3) is 3.15. The summed E-state index contributed by atoms with van der Waals surface area (Å²) in [7, 11) is 0. The van der Waals surface area contributed by atoms with Gasteiger partial charge < -0.3 is 16.8 Å². The van der Waals surface area contributed by atoms with E-state index in [-0.39, 0.29) is 0 Å². The fourth-order valence-electron chi connectivity index (χ4n) is 2.18. The summed E-state index contributed by atoms with van der Waals surface area (Å²) in [6, 6.07) is 16.9. The molecule has 5 N–H and O–H groups in total. The van der Waals surface area contributed by atoms with Crippen LogP contribution in [0.5, 0.6) is 0 Å². The van der Waals surface area contributed by atoms with Crippen LogP contribution >= 0.6 is 0 Å². The predicted molar refractivity (Wildman–Crippen MR) is 84.5 cm³/mol. The molecule has 0 unspecified atom stereocenters. The largest absolute Gasteiger partial charge is 0.367 e. The van der Waals surface area contributed by atoms with Crippen molar-refractivity contribution in [2.75, 3.05) is 0 Å². The van der Waals surface area contributed by atoms with Crippen LogP contribution in [0.15, 0.2) is 60.7 Å². The number of carbonyl (C=O) groups is 2. The quantitative estimate of drug-likeness (QED) is 0.773. The van der Waals surface area contributed by atoms with Crippen LogP contribution in [0.25, 0.3) is 0 Å². The highest BCUT2D eigenvalue weighted by atomic mass is 16.2. The number of hydrogen-bond acceptors (Lipinski definition) is 3. The van der Waals surface area contributed by atoms with E-state index in [1.54, 1.807) is 55.5 Å². The Bertz CT molecular complexity index is 658. The van der Waals surface area contributed by atoms with Crippen LogP contribution in [-0.2, 0) is 15.1 Å². The number of nitrogens with one attached hydrogen (secondary N) is 1. The number of rotatable bonds is 5. The average Bonchev–Trinajstić information content (AvgIpc) is 2.55. The summed E-state index contributed by atoms with van der Waals surface area (Å²) >= 11 is 0. The molecule has 2 amide bonds. The van der Waals surface area contributed by atoms with E-state index in [9.17, 15) is 9.59 Å². The molecule has 0 aromatic heterocycles. The zero-order chi connectivity index (χ0) is 16.2. The Morgan fingerprint density at radius 2 is 1.50 bits per heavy atom. The number of amides is 2. The number of carbonyl (C=O) groups excluding carboxylic acids is 2. The van der Waals surface area contributed by atoms with Gasteiger partial charge in [0.1, 0.15) is 11.6 Å². The van der Waals surface area contributed by atoms with Gasteiger partial charge in [0.15, 0.2) is 0 Å². The standard InChI is InChI=1S/C17H19N3O2/c1-17(16(19)22,13-10-6-3-7-11-13)20-15(21)14(18)12-8-4-2-5-9-12/h2-11,14H,18H2,1H3,(H2,19,22)(H,20,21)/t14-,17+/m0/s1. The fraction of sp³-hybridized carbons (Fsp3) is 0.176. The highest BCUT2D eigenvalue weighted by Gasteiger charge is 2.36. The van der Waals surface area contributed by atoms with Crippen molar-refractivity contribution in [2.45, 2.75) is 18.5 Å². The Labute approximate surface area is 129 Å². The summed E-state index contributed by atoms with van der Waals surface area (Å²) in [6.07, 6.45) is 0. The van der Waals surface area contributed by atoms with E-state index in [0.29, 0.717) is 11.1 Å². The van der Waals surface area contributed by atoms with Crippen molar-refractivity contribution in [3.63, 3.8) is 0 Å². The summed E-state index contributed by atoms with van der Waals surface area (Å²) in [5.74, 6) is -1.11. The first-order valence-corrected chi connectivity index (χ1v) is 6.93. The lowest BCUT2D eigenvalue weighted by molar-refractivity contribution is -0.132. The van der Waals surface area contributed by atoms with E-state index < -0.39 is 23.4 Å². The van der Waals surface area contributed by atoms with Gasteiger partial charge in [-0.25, -0.2) is 0 Å². The van der Waals surface area contributed by atoms with Gasteiger partial charge in [0.2, 0.25) is 11.8 Å². The van der Waals surface area contributed by atoms with E-state index in [1.807, 2.05) is 12.1 Å². The van der Waals surface area contributed by atoms with E-state index in [4.69, 9.17) is 11.5 Å². The fourth-order valence-corrected chi connectivity index (χ4v) is 2.18. The van der Waals surface area contributed by atoms with Gasteiger partial charge in [-0.2, -0.15) is 0 Å². The zero-order valence-corrected chi connectivity index (χ0v) is 12.3. The molecule has 114 valence electrons. The Morgan fingerprint density at radius 3 is 2.00 bits per heavy atom. The minimum absolute atomic E-state index is 0.462. The lowest BCUT2D eigenvalue weighted by Gasteiger charge is -2.29. The second kappa shape index (κ2) is 6.41. The summed E-state index contributed by atoms with van der Waals surface area (Å²) in [5.41, 5.74) is 11.4. The van der Waals surface area contributed by atoms with Crippen LogP contribution in [-0.4, -0.2) is 11.8 Å². The molecule has 0 aliphatic carbocycles. The lowest BCUT2D eigenvalue weighted by Crippen LogP contribution is -2.54. The van der Waals surface area contributed by atoms with Crippen molar-refractivity contribution >= 4 is 11.8 Å². The smallest absolute Gasteiger partial charge is 0.247 e. The van der Waals surface area contributed by atoms with Crippen molar-refractivity contribution in [2.24, 2.45) is 11.5 Å². The van der Waals surface area contributed by atoms with Gasteiger partial charge in [0.05, 0.1) is 0 Å². The molecule has 0 aliphatic rings. The summed E-state index contributed by atoms with van der Waals surface area (Å²) in [6.45, 7) is 1.57. The number of hydrogen-bond donors (Lipinski definition) is 3. The minimum Gasteiger partial charge on any atom is -0.367 e. The van der Waals surface area contributed by atoms with E-state index in [2.05, 4.69) is 5.32 Å². The highest BCUT2D eigenvalue weighted by molar-refractivity contribution is 5.93. The maximum Gasteiger partial charge on any atom is 0.247 e. The molecule has 0 heterocycles. The Hall–Kier alpha value is -2.66. The third-order valence-electron chi connectivity index (χ3n) is 3.66. The number of benzene rings is 2. The van der Waals surface area contributed by atoms with Gasteiger partial charge in [0.25, 0.3) is 0 Å². The topological polar surface area (TPSA) is 98.2 Å². The zero-order valence-electron chi connectivity index (χ0n) is 12.3. The van der Waals surface area contributed by atoms with Gasteiger partial charge in [-0.1, -0.05) is 60.7 Å². The molecule has 2 rings (SSSR count). The molecule has 5 nitrogen and oxygen atoms in total. The normalized spacial score (nSPS) is 14.6. The highest BCUT2D eigenvalue weighted by Crippen LogP contribution is 2.21. The van der Waals surface area contributed by atoms with Crippen molar-refractivity contribution in [3.8, 4) is 0 Å². The third-order valence-corrected chi connectivity index (χ3v) is 3.66. The molecule has 0 fully saturated rings. The van der Waals surface area contributed by atoms with Gasteiger partial charge in [-0.05, 0) is 18.1 Å². The Kier molecular flexibility index (Phi) is 4.58. The molecule has 2 aromatic carbocycles. The average molecular weight is 297 g/mol. The van der Waals surface area contributed by atoms with Crippen LogP contribution in [0.2, 0.25) is 0 Å². The molecule has 0 saturated carbocycles. The van der Waals surface area contributed by atoms with Crippen LogP contribution in [0.4, 0.5) is 0 Å². The summed E-state index contributed by atoms with van der Waals surface area (Å²) in [4.78, 5) is 24.3. The Morgan fingerprint density at radius 1 is 1.00 bits per heavy atom. The molecule has 0 spiro atoms. The maximum absolute atomic E-state index is 12.4. The van der Waals surface area contributed by atoms with Crippen molar-refractivity contribution in [3.05, 3.63) is 71.8 Å². The predicted octanol–water partition coefficient (Wildman–Crippen LogP) is 1.20. The van der Waals surface area contributed by atoms with Crippen LogP contribution in [0, 0.1) is 0 Å². The molecule has 0 saturated heterocycles. The van der Waals surface area contributed by atoms with Crippen molar-refractivity contribution in [1.82, 2.24) is 5.32 Å². The molecular formula is C17H19N3O2. The molecule has 22 heavy (non-hydrogen) atoms. The van der Waals surface area contributed by atoms with Crippen molar-refractivity contribution in [1.29, 1.82) is 0 Å². The van der Waals surface area contributed by atoms with Crippen LogP contribution in [0.3, 0.4) is 0 Å². The monoisotopic (exact) mass is 297 g/mol. The summed E-state index contributed by atoms with van der Waals surface area (Å²) in [5, 5.41) is 2.67. The van der Waals surface area contributed by atoms with Crippen LogP contribution in [0.1, 0.15) is 24.1 Å². The first-order valence-electron chi connectivity index (χ1n) is 6.93. The Balaban J connectivity index is 2.25. The lowest BCUT2D eigenvalue weighted by atomic mass is 9.90. The number of nitrogens with two attached hydrogens (primary N) is 2. The molecule has 2 atom stereocenters. The minimum atomic E-state index is -1.31. The maximum atomic E-state index is 12.4. The molecule has 5 heteroatoms. The first kappa shape index (κ1) is 15.7. The van der Waals surface area contributed by atoms with Gasteiger partial charge in [0, 0.05) is 0 Å². The van der Waals surface area contributed by atoms with Gasteiger partial charge in [-0.15, -0.1) is 0 Å². The van der Waals surface area contributed by atoms with E-state index >= 15 is 0 Å². The second-order valence-corrected chi connectivity index (χ2v) is 5.23. The van der Waals surface area contributed by atoms with Crippen molar-refractivity contribution < 1.29 is 9.59 Å². The van der Waals surface area contributed by atoms with Gasteiger partial charge in [-0.3, -0.25) is 9.59 Å². The van der Waals surface area contributed by atoms with Gasteiger partial charge >= 0.3 is 0 Å². The number of primary amides is 1.